The SMILES string of the molecule is NC(=O)CC1CCN(c2ccccc2S(=O)(=O)C(F)F)C1. The smallest absolute Gasteiger partial charge is 0.341 e. The number of hydrogen-bond donors (Lipinski definition) is 1. The van der Waals surface area contributed by atoms with E-state index < -0.39 is 21.5 Å². The van der Waals surface area contributed by atoms with Gasteiger partial charge in [0, 0.05) is 19.5 Å². The van der Waals surface area contributed by atoms with Crippen LogP contribution in [0, 0.1) is 5.92 Å². The van der Waals surface area contributed by atoms with Gasteiger partial charge in [0.05, 0.1) is 10.6 Å². The summed E-state index contributed by atoms with van der Waals surface area (Å²) in [5, 5.41) is 0. The van der Waals surface area contributed by atoms with Gasteiger partial charge in [-0.2, -0.15) is 8.78 Å². The van der Waals surface area contributed by atoms with Crippen molar-refractivity contribution in [3.8, 4) is 0 Å². The van der Waals surface area contributed by atoms with Gasteiger partial charge < -0.3 is 10.6 Å². The maximum Gasteiger partial charge on any atom is 0.341 e. The average molecular weight is 318 g/mol. The molecule has 1 aromatic carbocycles. The number of primary amides is 1. The minimum atomic E-state index is -4.65. The van der Waals surface area contributed by atoms with Crippen molar-refractivity contribution in [1.29, 1.82) is 0 Å². The van der Waals surface area contributed by atoms with Crippen LogP contribution < -0.4 is 10.6 Å². The fourth-order valence-corrected chi connectivity index (χ4v) is 3.51. The van der Waals surface area contributed by atoms with E-state index in [0.717, 1.165) is 0 Å². The number of para-hydroxylation sites is 1. The molecule has 0 radical (unpaired) electrons. The summed E-state index contributed by atoms with van der Waals surface area (Å²) in [6.07, 6.45) is 0.881. The second-order valence-electron chi connectivity index (χ2n) is 5.04. The molecule has 2 rings (SSSR count). The summed E-state index contributed by atoms with van der Waals surface area (Å²) in [5.74, 6) is -3.86. The van der Waals surface area contributed by atoms with Crippen molar-refractivity contribution in [2.45, 2.75) is 23.5 Å². The highest BCUT2D eigenvalue weighted by atomic mass is 32.2. The van der Waals surface area contributed by atoms with E-state index in [-0.39, 0.29) is 22.9 Å². The molecule has 0 bridgehead atoms. The van der Waals surface area contributed by atoms with E-state index in [1.165, 1.54) is 18.2 Å². The number of nitrogens with zero attached hydrogens (tertiary/aromatic N) is 1. The zero-order chi connectivity index (χ0) is 15.6. The summed E-state index contributed by atoms with van der Waals surface area (Å²) in [6, 6.07) is 5.69. The highest BCUT2D eigenvalue weighted by molar-refractivity contribution is 7.91. The van der Waals surface area contributed by atoms with E-state index in [2.05, 4.69) is 0 Å². The largest absolute Gasteiger partial charge is 0.370 e. The van der Waals surface area contributed by atoms with Crippen LogP contribution in [-0.4, -0.2) is 33.2 Å². The minimum absolute atomic E-state index is 0.0183. The van der Waals surface area contributed by atoms with Gasteiger partial charge >= 0.3 is 5.76 Å². The van der Waals surface area contributed by atoms with Crippen molar-refractivity contribution < 1.29 is 22.0 Å². The van der Waals surface area contributed by atoms with Gasteiger partial charge in [0.2, 0.25) is 15.7 Å². The lowest BCUT2D eigenvalue weighted by Crippen LogP contribution is -2.24. The van der Waals surface area contributed by atoms with Crippen molar-refractivity contribution in [1.82, 2.24) is 0 Å². The molecule has 2 N–H and O–H groups in total. The Morgan fingerprint density at radius 1 is 1.38 bits per heavy atom. The number of hydrogen-bond acceptors (Lipinski definition) is 4. The van der Waals surface area contributed by atoms with E-state index in [0.29, 0.717) is 19.5 Å². The fourth-order valence-electron chi connectivity index (χ4n) is 2.56. The maximum atomic E-state index is 12.7. The molecule has 1 unspecified atom stereocenters. The van der Waals surface area contributed by atoms with Crippen LogP contribution in [0.25, 0.3) is 0 Å². The van der Waals surface area contributed by atoms with E-state index in [1.54, 1.807) is 11.0 Å². The van der Waals surface area contributed by atoms with Gasteiger partial charge in [-0.1, -0.05) is 12.1 Å². The van der Waals surface area contributed by atoms with Crippen LogP contribution in [0.4, 0.5) is 14.5 Å². The normalized spacial score (nSPS) is 19.2. The van der Waals surface area contributed by atoms with Crippen molar-refractivity contribution >= 4 is 21.4 Å². The van der Waals surface area contributed by atoms with Gasteiger partial charge in [-0.05, 0) is 24.5 Å². The number of sulfone groups is 1. The third-order valence-corrected chi connectivity index (χ3v) is 4.95. The van der Waals surface area contributed by atoms with Crippen molar-refractivity contribution in [2.75, 3.05) is 18.0 Å². The molecule has 1 aliphatic heterocycles. The van der Waals surface area contributed by atoms with Crippen molar-refractivity contribution in [2.24, 2.45) is 11.7 Å². The van der Waals surface area contributed by atoms with Crippen LogP contribution in [0.5, 0.6) is 0 Å². The molecule has 0 aromatic heterocycles. The van der Waals surface area contributed by atoms with E-state index in [1.807, 2.05) is 0 Å². The molecular weight excluding hydrogens is 302 g/mol. The number of carbonyl (C=O) groups excluding carboxylic acids is 1. The molecule has 0 aliphatic carbocycles. The number of nitrogens with two attached hydrogens (primary N) is 1. The molecule has 1 aliphatic rings. The van der Waals surface area contributed by atoms with Gasteiger partial charge in [-0.3, -0.25) is 4.79 Å². The second kappa shape index (κ2) is 5.97. The van der Waals surface area contributed by atoms with Crippen LogP contribution in [0.3, 0.4) is 0 Å². The molecule has 0 saturated carbocycles. The summed E-state index contributed by atoms with van der Waals surface area (Å²) in [7, 11) is -4.65. The molecule has 21 heavy (non-hydrogen) atoms. The van der Waals surface area contributed by atoms with Crippen LogP contribution in [0.15, 0.2) is 29.2 Å². The molecule has 116 valence electrons. The summed E-state index contributed by atoms with van der Waals surface area (Å²) >= 11 is 0. The first-order valence-electron chi connectivity index (χ1n) is 6.46. The van der Waals surface area contributed by atoms with Gasteiger partial charge in [0.1, 0.15) is 0 Å². The van der Waals surface area contributed by atoms with Crippen LogP contribution in [0.2, 0.25) is 0 Å². The Morgan fingerprint density at radius 3 is 2.67 bits per heavy atom. The van der Waals surface area contributed by atoms with Crippen molar-refractivity contribution in [3.05, 3.63) is 24.3 Å². The summed E-state index contributed by atoms with van der Waals surface area (Å²) in [5.41, 5.74) is 5.40. The molecule has 1 fully saturated rings. The van der Waals surface area contributed by atoms with Gasteiger partial charge in [0.25, 0.3) is 0 Å². The number of amides is 1. The topological polar surface area (TPSA) is 80.5 Å². The van der Waals surface area contributed by atoms with Gasteiger partial charge in [0.15, 0.2) is 0 Å². The molecule has 1 aromatic rings. The van der Waals surface area contributed by atoms with E-state index >= 15 is 0 Å². The monoisotopic (exact) mass is 318 g/mol. The molecule has 1 heterocycles. The fraction of sp³-hybridized carbons (Fsp3) is 0.462. The third-order valence-electron chi connectivity index (χ3n) is 3.52. The zero-order valence-electron chi connectivity index (χ0n) is 11.2. The number of benzene rings is 1. The molecule has 1 amide bonds. The predicted molar refractivity (Wildman–Crippen MR) is 73.8 cm³/mol. The maximum absolute atomic E-state index is 12.7. The van der Waals surface area contributed by atoms with E-state index in [4.69, 9.17) is 5.73 Å². The Morgan fingerprint density at radius 2 is 2.05 bits per heavy atom. The average Bonchev–Trinajstić information content (AvgIpc) is 2.86. The van der Waals surface area contributed by atoms with E-state index in [9.17, 15) is 22.0 Å². The number of rotatable bonds is 5. The molecule has 8 heteroatoms. The lowest BCUT2D eigenvalue weighted by atomic mass is 10.1. The zero-order valence-corrected chi connectivity index (χ0v) is 12.0. The molecule has 1 saturated heterocycles. The first-order valence-corrected chi connectivity index (χ1v) is 8.01. The minimum Gasteiger partial charge on any atom is -0.370 e. The van der Waals surface area contributed by atoms with Crippen LogP contribution >= 0.6 is 0 Å². The highest BCUT2D eigenvalue weighted by Crippen LogP contribution is 2.33. The second-order valence-corrected chi connectivity index (χ2v) is 6.93. The number of anilines is 1. The van der Waals surface area contributed by atoms with Gasteiger partial charge in [-0.25, -0.2) is 8.42 Å². The first kappa shape index (κ1) is 15.7. The Kier molecular flexibility index (Phi) is 4.46. The number of halogens is 2. The number of alkyl halides is 2. The summed E-state index contributed by atoms with van der Waals surface area (Å²) < 4.78 is 48.9. The Balaban J connectivity index is 2.28. The quantitative estimate of drug-likeness (QED) is 0.889. The third kappa shape index (κ3) is 3.31. The van der Waals surface area contributed by atoms with Crippen LogP contribution in [0.1, 0.15) is 12.8 Å². The Bertz CT molecular complexity index is 634. The van der Waals surface area contributed by atoms with Crippen molar-refractivity contribution in [3.63, 3.8) is 0 Å². The molecule has 5 nitrogen and oxygen atoms in total. The van der Waals surface area contributed by atoms with Gasteiger partial charge in [-0.15, -0.1) is 0 Å². The molecular formula is C13H16F2N2O3S. The molecule has 1 atom stereocenters. The Hall–Kier alpha value is -1.70. The summed E-state index contributed by atoms with van der Waals surface area (Å²) in [6.45, 7) is 0.937. The lowest BCUT2D eigenvalue weighted by molar-refractivity contribution is -0.118. The van der Waals surface area contributed by atoms with Crippen LogP contribution in [-0.2, 0) is 14.6 Å². The standard InChI is InChI=1S/C13H16F2N2O3S/c14-13(15)21(19,20)11-4-2-1-3-10(11)17-6-5-9(8-17)7-12(16)18/h1-4,9,13H,5-8H2,(H2,16,18). The first-order chi connectivity index (χ1) is 9.82. The highest BCUT2D eigenvalue weighted by Gasteiger charge is 2.32. The lowest BCUT2D eigenvalue weighted by Gasteiger charge is -2.21. The number of carbonyl (C=O) groups is 1. The summed E-state index contributed by atoms with van der Waals surface area (Å²) in [4.78, 5) is 12.3. The Labute approximate surface area is 121 Å². The predicted octanol–water partition coefficient (Wildman–Crippen LogP) is 1.38. The molecule has 0 spiro atoms.